The maximum absolute atomic E-state index is 12.8. The molecule has 1 saturated carbocycles. The van der Waals surface area contributed by atoms with Crippen molar-refractivity contribution >= 4 is 11.9 Å². The quantitative estimate of drug-likeness (QED) is 0.849. The number of nitrogens with one attached hydrogen (secondary N) is 1. The van der Waals surface area contributed by atoms with Gasteiger partial charge in [-0.3, -0.25) is 9.69 Å². The minimum Gasteiger partial charge on any atom is -0.323 e. The van der Waals surface area contributed by atoms with Crippen LogP contribution in [0.3, 0.4) is 0 Å². The second-order valence-electron chi connectivity index (χ2n) is 6.30. The van der Waals surface area contributed by atoms with E-state index < -0.39 is 5.54 Å². The van der Waals surface area contributed by atoms with Crippen LogP contribution in [0.4, 0.5) is 4.79 Å². The fraction of sp³-hybridized carbons (Fsp3) is 0.529. The summed E-state index contributed by atoms with van der Waals surface area (Å²) in [6, 6.07) is 7.74. The van der Waals surface area contributed by atoms with Crippen molar-refractivity contribution in [3.8, 4) is 0 Å². The molecule has 1 aliphatic heterocycles. The number of hydrogen-bond acceptors (Lipinski definition) is 2. The number of benzene rings is 1. The van der Waals surface area contributed by atoms with Crippen LogP contribution >= 0.6 is 0 Å². The minimum atomic E-state index is -0.627. The van der Waals surface area contributed by atoms with E-state index in [1.54, 1.807) is 0 Å². The van der Waals surface area contributed by atoms with Crippen molar-refractivity contribution < 1.29 is 9.59 Å². The first-order valence-corrected chi connectivity index (χ1v) is 7.80. The molecule has 1 aliphatic carbocycles. The third-order valence-electron chi connectivity index (χ3n) is 4.66. The number of imide groups is 1. The molecule has 1 spiro atoms. The van der Waals surface area contributed by atoms with Gasteiger partial charge < -0.3 is 5.32 Å². The van der Waals surface area contributed by atoms with E-state index in [4.69, 9.17) is 0 Å². The highest BCUT2D eigenvalue weighted by Gasteiger charge is 2.50. The zero-order valence-corrected chi connectivity index (χ0v) is 12.5. The average molecular weight is 286 g/mol. The largest absolute Gasteiger partial charge is 0.325 e. The highest BCUT2D eigenvalue weighted by molar-refractivity contribution is 6.07. The molecule has 0 unspecified atom stereocenters. The van der Waals surface area contributed by atoms with E-state index >= 15 is 0 Å². The Bertz CT molecular complexity index is 542. The predicted molar refractivity (Wildman–Crippen MR) is 80.7 cm³/mol. The maximum Gasteiger partial charge on any atom is 0.325 e. The summed E-state index contributed by atoms with van der Waals surface area (Å²) in [5, 5.41) is 2.98. The van der Waals surface area contributed by atoms with Gasteiger partial charge in [-0.25, -0.2) is 4.79 Å². The molecule has 112 valence electrons. The van der Waals surface area contributed by atoms with Crippen molar-refractivity contribution in [1.29, 1.82) is 0 Å². The van der Waals surface area contributed by atoms with Gasteiger partial charge >= 0.3 is 6.03 Å². The Kier molecular flexibility index (Phi) is 3.70. The van der Waals surface area contributed by atoms with Crippen molar-refractivity contribution in [3.63, 3.8) is 0 Å². The van der Waals surface area contributed by atoms with Crippen molar-refractivity contribution in [2.24, 2.45) is 0 Å². The van der Waals surface area contributed by atoms with Crippen LogP contribution in [0.2, 0.25) is 0 Å². The summed E-state index contributed by atoms with van der Waals surface area (Å²) in [5.74, 6) is -0.0324. The number of carbonyl (C=O) groups excluding carboxylic acids is 2. The lowest BCUT2D eigenvalue weighted by atomic mass is 9.90. The van der Waals surface area contributed by atoms with Gasteiger partial charge in [0.1, 0.15) is 5.54 Å². The standard InChI is InChI=1S/C17H22N2O2/c1-13-6-8-14(9-7-13)12-19-15(20)17(18-16(19)21)10-4-2-3-5-11-17/h6-9H,2-5,10-12H2,1H3,(H,18,21). The number of hydrogen-bond donors (Lipinski definition) is 1. The fourth-order valence-electron chi connectivity index (χ4n) is 3.37. The second kappa shape index (κ2) is 5.51. The van der Waals surface area contributed by atoms with Crippen LogP contribution < -0.4 is 5.32 Å². The molecule has 3 rings (SSSR count). The third-order valence-corrected chi connectivity index (χ3v) is 4.66. The molecule has 1 aromatic carbocycles. The molecule has 3 amide bonds. The van der Waals surface area contributed by atoms with Crippen LogP contribution in [-0.2, 0) is 11.3 Å². The van der Waals surface area contributed by atoms with Gasteiger partial charge in [-0.15, -0.1) is 0 Å². The number of nitrogens with zero attached hydrogens (tertiary/aromatic N) is 1. The van der Waals surface area contributed by atoms with Crippen molar-refractivity contribution in [1.82, 2.24) is 10.2 Å². The van der Waals surface area contributed by atoms with E-state index in [1.807, 2.05) is 31.2 Å². The Hall–Kier alpha value is -1.84. The number of carbonyl (C=O) groups is 2. The Labute approximate surface area is 125 Å². The summed E-state index contributed by atoms with van der Waals surface area (Å²) in [7, 11) is 0. The van der Waals surface area contributed by atoms with E-state index in [0.717, 1.165) is 44.1 Å². The fourth-order valence-corrected chi connectivity index (χ4v) is 3.37. The van der Waals surface area contributed by atoms with Gasteiger partial charge in [-0.05, 0) is 25.3 Å². The van der Waals surface area contributed by atoms with Gasteiger partial charge in [-0.2, -0.15) is 0 Å². The summed E-state index contributed by atoms with van der Waals surface area (Å²) >= 11 is 0. The zero-order valence-electron chi connectivity index (χ0n) is 12.5. The summed E-state index contributed by atoms with van der Waals surface area (Å²) in [6.07, 6.45) is 5.91. The molecule has 1 N–H and O–H groups in total. The molecule has 4 heteroatoms. The number of aryl methyl sites for hydroxylation is 1. The molecule has 4 nitrogen and oxygen atoms in total. The van der Waals surface area contributed by atoms with Gasteiger partial charge in [0.2, 0.25) is 0 Å². The lowest BCUT2D eigenvalue weighted by Crippen LogP contribution is -2.46. The summed E-state index contributed by atoms with van der Waals surface area (Å²) < 4.78 is 0. The highest BCUT2D eigenvalue weighted by Crippen LogP contribution is 2.33. The molecule has 0 atom stereocenters. The van der Waals surface area contributed by atoms with Crippen LogP contribution in [0.25, 0.3) is 0 Å². The minimum absolute atomic E-state index is 0.0324. The van der Waals surface area contributed by atoms with E-state index in [-0.39, 0.29) is 11.9 Å². The topological polar surface area (TPSA) is 49.4 Å². The van der Waals surface area contributed by atoms with Gasteiger partial charge in [0.05, 0.1) is 6.54 Å². The first-order valence-electron chi connectivity index (χ1n) is 7.80. The highest BCUT2D eigenvalue weighted by atomic mass is 16.2. The summed E-state index contributed by atoms with van der Waals surface area (Å²) in [6.45, 7) is 2.39. The van der Waals surface area contributed by atoms with Crippen LogP contribution in [0.15, 0.2) is 24.3 Å². The Balaban J connectivity index is 1.78. The van der Waals surface area contributed by atoms with Crippen molar-refractivity contribution in [2.75, 3.05) is 0 Å². The van der Waals surface area contributed by atoms with E-state index in [2.05, 4.69) is 5.32 Å². The lowest BCUT2D eigenvalue weighted by molar-refractivity contribution is -0.132. The Morgan fingerprint density at radius 3 is 2.29 bits per heavy atom. The molecule has 2 aliphatic rings. The van der Waals surface area contributed by atoms with Gasteiger partial charge in [0.15, 0.2) is 0 Å². The third kappa shape index (κ3) is 2.67. The van der Waals surface area contributed by atoms with Crippen LogP contribution in [-0.4, -0.2) is 22.4 Å². The molecule has 21 heavy (non-hydrogen) atoms. The number of amides is 3. The molecule has 1 saturated heterocycles. The van der Waals surface area contributed by atoms with E-state index in [9.17, 15) is 9.59 Å². The van der Waals surface area contributed by atoms with Gasteiger partial charge in [-0.1, -0.05) is 55.5 Å². The van der Waals surface area contributed by atoms with E-state index in [1.165, 1.54) is 10.5 Å². The van der Waals surface area contributed by atoms with E-state index in [0.29, 0.717) is 6.54 Å². The van der Waals surface area contributed by atoms with Crippen LogP contribution in [0, 0.1) is 6.92 Å². The molecule has 1 aromatic rings. The molecule has 0 aromatic heterocycles. The van der Waals surface area contributed by atoms with Gasteiger partial charge in [0, 0.05) is 0 Å². The molecule has 2 fully saturated rings. The van der Waals surface area contributed by atoms with Crippen LogP contribution in [0.5, 0.6) is 0 Å². The van der Waals surface area contributed by atoms with Crippen LogP contribution in [0.1, 0.15) is 49.7 Å². The molecular weight excluding hydrogens is 264 g/mol. The summed E-state index contributed by atoms with van der Waals surface area (Å²) in [5.41, 5.74) is 1.55. The molecule has 0 radical (unpaired) electrons. The SMILES string of the molecule is Cc1ccc(CN2C(=O)NC3(CCCCCC3)C2=O)cc1. The monoisotopic (exact) mass is 286 g/mol. The Morgan fingerprint density at radius 1 is 1.05 bits per heavy atom. The molecular formula is C17H22N2O2. The Morgan fingerprint density at radius 2 is 1.67 bits per heavy atom. The van der Waals surface area contributed by atoms with Crippen molar-refractivity contribution in [3.05, 3.63) is 35.4 Å². The van der Waals surface area contributed by atoms with Gasteiger partial charge in [0.25, 0.3) is 5.91 Å². The molecule has 0 bridgehead atoms. The number of urea groups is 1. The number of rotatable bonds is 2. The second-order valence-corrected chi connectivity index (χ2v) is 6.30. The molecule has 1 heterocycles. The normalized spacial score (nSPS) is 21.5. The lowest BCUT2D eigenvalue weighted by Gasteiger charge is -2.24. The summed E-state index contributed by atoms with van der Waals surface area (Å²) in [4.78, 5) is 26.4. The first-order chi connectivity index (χ1) is 10.1. The zero-order chi connectivity index (χ0) is 14.9. The maximum atomic E-state index is 12.8. The average Bonchev–Trinajstić information content (AvgIpc) is 2.64. The van der Waals surface area contributed by atoms with Crippen molar-refractivity contribution in [2.45, 2.75) is 57.5 Å². The first kappa shape index (κ1) is 14.1. The predicted octanol–water partition coefficient (Wildman–Crippen LogP) is 3.14. The smallest absolute Gasteiger partial charge is 0.323 e.